The minimum atomic E-state index is 0.236. The lowest BCUT2D eigenvalue weighted by Crippen LogP contribution is -2.38. The van der Waals surface area contributed by atoms with Crippen LogP contribution in [0.5, 0.6) is 0 Å². The molecule has 0 N–H and O–H groups in total. The number of halogens is 1. The molecule has 0 spiro atoms. The monoisotopic (exact) mass is 331 g/mol. The second-order valence-electron chi connectivity index (χ2n) is 5.69. The average molecular weight is 332 g/mol. The summed E-state index contributed by atoms with van der Waals surface area (Å²) in [7, 11) is 0. The van der Waals surface area contributed by atoms with E-state index in [9.17, 15) is 0 Å². The van der Waals surface area contributed by atoms with Crippen LogP contribution < -0.4 is 9.80 Å². The second kappa shape index (κ2) is 6.29. The first-order valence-electron chi connectivity index (χ1n) is 7.91. The number of fused-ring (bicyclic) bond motifs is 1. The third-order valence-corrected chi connectivity index (χ3v) is 4.40. The molecule has 0 amide bonds. The topological polar surface area (TPSA) is 54.4 Å². The van der Waals surface area contributed by atoms with Crippen molar-refractivity contribution in [1.82, 2.24) is 15.0 Å². The molecule has 2 aliphatic heterocycles. The number of hydrogen-bond donors (Lipinski definition) is 0. The highest BCUT2D eigenvalue weighted by molar-refractivity contribution is 6.28. The van der Waals surface area contributed by atoms with E-state index in [4.69, 9.17) is 16.3 Å². The summed E-state index contributed by atoms with van der Waals surface area (Å²) in [4.78, 5) is 17.6. The first-order chi connectivity index (χ1) is 11.3. The van der Waals surface area contributed by atoms with Gasteiger partial charge in [0.1, 0.15) is 0 Å². The molecular formula is C16H18ClN5O. The molecule has 7 heteroatoms. The van der Waals surface area contributed by atoms with Gasteiger partial charge in [0, 0.05) is 25.3 Å². The summed E-state index contributed by atoms with van der Waals surface area (Å²) in [5, 5.41) is 0.236. The number of hydrogen-bond acceptors (Lipinski definition) is 6. The predicted molar refractivity (Wildman–Crippen MR) is 89.6 cm³/mol. The van der Waals surface area contributed by atoms with E-state index in [-0.39, 0.29) is 5.28 Å². The predicted octanol–water partition coefficient (Wildman–Crippen LogP) is 2.45. The van der Waals surface area contributed by atoms with Gasteiger partial charge < -0.3 is 14.5 Å². The molecule has 0 unspecified atom stereocenters. The zero-order valence-electron chi connectivity index (χ0n) is 12.8. The third kappa shape index (κ3) is 2.96. The molecule has 1 fully saturated rings. The normalized spacial score (nSPS) is 18.0. The molecule has 4 rings (SSSR count). The fourth-order valence-corrected chi connectivity index (χ4v) is 3.25. The van der Waals surface area contributed by atoms with Gasteiger partial charge in [-0.2, -0.15) is 15.0 Å². The van der Waals surface area contributed by atoms with Gasteiger partial charge in [0.05, 0.1) is 13.2 Å². The lowest BCUT2D eigenvalue weighted by Gasteiger charge is -2.31. The second-order valence-corrected chi connectivity index (χ2v) is 6.03. The molecule has 6 nitrogen and oxygen atoms in total. The molecule has 1 saturated heterocycles. The highest BCUT2D eigenvalue weighted by Crippen LogP contribution is 2.32. The summed E-state index contributed by atoms with van der Waals surface area (Å²) in [6, 6.07) is 8.39. The van der Waals surface area contributed by atoms with Crippen LogP contribution in [0.2, 0.25) is 5.28 Å². The van der Waals surface area contributed by atoms with Crippen molar-refractivity contribution in [3.05, 3.63) is 35.1 Å². The summed E-state index contributed by atoms with van der Waals surface area (Å²) in [6.07, 6.45) is 2.16. The Morgan fingerprint density at radius 3 is 2.61 bits per heavy atom. The highest BCUT2D eigenvalue weighted by Gasteiger charge is 2.23. The molecule has 120 valence electrons. The quantitative estimate of drug-likeness (QED) is 0.842. The molecule has 1 aromatic heterocycles. The van der Waals surface area contributed by atoms with Gasteiger partial charge >= 0.3 is 0 Å². The number of aryl methyl sites for hydroxylation is 1. The number of ether oxygens (including phenoxy) is 1. The van der Waals surface area contributed by atoms with Gasteiger partial charge in [0.25, 0.3) is 0 Å². The van der Waals surface area contributed by atoms with Crippen molar-refractivity contribution in [2.75, 3.05) is 42.6 Å². The standard InChI is InChI=1S/C16H18ClN5O/c17-14-18-15(21-8-10-23-11-9-21)20-16(19-14)22-7-3-5-12-4-1-2-6-13(12)22/h1-2,4,6H,3,5,7-11H2. The fourth-order valence-electron chi connectivity index (χ4n) is 3.10. The lowest BCUT2D eigenvalue weighted by atomic mass is 10.0. The van der Waals surface area contributed by atoms with Gasteiger partial charge in [0.2, 0.25) is 17.2 Å². The summed E-state index contributed by atoms with van der Waals surface area (Å²) >= 11 is 6.17. The molecular weight excluding hydrogens is 314 g/mol. The Bertz CT molecular complexity index is 705. The molecule has 1 aromatic carbocycles. The molecule has 0 bridgehead atoms. The number of aromatic nitrogens is 3. The maximum absolute atomic E-state index is 6.17. The highest BCUT2D eigenvalue weighted by atomic mass is 35.5. The summed E-state index contributed by atoms with van der Waals surface area (Å²) in [5.41, 5.74) is 2.48. The summed E-state index contributed by atoms with van der Waals surface area (Å²) < 4.78 is 5.39. The van der Waals surface area contributed by atoms with Crippen molar-refractivity contribution in [2.45, 2.75) is 12.8 Å². The van der Waals surface area contributed by atoms with Gasteiger partial charge in [-0.3, -0.25) is 0 Å². The van der Waals surface area contributed by atoms with E-state index in [1.165, 1.54) is 5.56 Å². The first-order valence-corrected chi connectivity index (χ1v) is 8.29. The van der Waals surface area contributed by atoms with E-state index in [0.717, 1.165) is 38.2 Å². The Kier molecular flexibility index (Phi) is 4.01. The van der Waals surface area contributed by atoms with Crippen LogP contribution in [0, 0.1) is 0 Å². The number of rotatable bonds is 2. The van der Waals surface area contributed by atoms with Crippen LogP contribution in [-0.2, 0) is 11.2 Å². The molecule has 0 saturated carbocycles. The number of para-hydroxylation sites is 1. The van der Waals surface area contributed by atoms with Crippen LogP contribution in [-0.4, -0.2) is 47.8 Å². The maximum Gasteiger partial charge on any atom is 0.236 e. The first kappa shape index (κ1) is 14.7. The van der Waals surface area contributed by atoms with E-state index >= 15 is 0 Å². The SMILES string of the molecule is Clc1nc(N2CCOCC2)nc(N2CCCc3ccccc32)n1. The van der Waals surface area contributed by atoms with Gasteiger partial charge in [-0.1, -0.05) is 18.2 Å². The Hall–Kier alpha value is -1.92. The van der Waals surface area contributed by atoms with Crippen molar-refractivity contribution >= 4 is 29.2 Å². The molecule has 0 atom stereocenters. The number of morpholine rings is 1. The largest absolute Gasteiger partial charge is 0.378 e. The molecule has 0 radical (unpaired) electrons. The fraction of sp³-hybridized carbons (Fsp3) is 0.438. The Morgan fingerprint density at radius 2 is 1.74 bits per heavy atom. The third-order valence-electron chi connectivity index (χ3n) is 4.23. The molecule has 2 aromatic rings. The van der Waals surface area contributed by atoms with Crippen LogP contribution in [0.25, 0.3) is 0 Å². The summed E-state index contributed by atoms with van der Waals surface area (Å²) in [6.45, 7) is 3.81. The average Bonchev–Trinajstić information content (AvgIpc) is 2.61. The minimum absolute atomic E-state index is 0.236. The van der Waals surface area contributed by atoms with E-state index < -0.39 is 0 Å². The van der Waals surface area contributed by atoms with E-state index in [1.807, 2.05) is 6.07 Å². The van der Waals surface area contributed by atoms with Crippen molar-refractivity contribution in [1.29, 1.82) is 0 Å². The maximum atomic E-state index is 6.17. The molecule has 23 heavy (non-hydrogen) atoms. The van der Waals surface area contributed by atoms with Crippen molar-refractivity contribution in [3.63, 3.8) is 0 Å². The number of anilines is 3. The number of benzene rings is 1. The van der Waals surface area contributed by atoms with E-state index in [1.54, 1.807) is 0 Å². The van der Waals surface area contributed by atoms with Crippen LogP contribution in [0.1, 0.15) is 12.0 Å². The Balaban J connectivity index is 1.71. The van der Waals surface area contributed by atoms with Gasteiger partial charge in [0.15, 0.2) is 0 Å². The summed E-state index contributed by atoms with van der Waals surface area (Å²) in [5.74, 6) is 1.25. The van der Waals surface area contributed by atoms with Crippen molar-refractivity contribution < 1.29 is 4.74 Å². The zero-order valence-corrected chi connectivity index (χ0v) is 13.5. The molecule has 3 heterocycles. The van der Waals surface area contributed by atoms with E-state index in [2.05, 4.69) is 43.0 Å². The van der Waals surface area contributed by atoms with Crippen molar-refractivity contribution in [3.8, 4) is 0 Å². The zero-order chi connectivity index (χ0) is 15.6. The van der Waals surface area contributed by atoms with Gasteiger partial charge in [-0.15, -0.1) is 0 Å². The molecule has 2 aliphatic rings. The van der Waals surface area contributed by atoms with Crippen LogP contribution in [0.15, 0.2) is 24.3 Å². The van der Waals surface area contributed by atoms with Crippen LogP contribution in [0.4, 0.5) is 17.6 Å². The van der Waals surface area contributed by atoms with Crippen molar-refractivity contribution in [2.24, 2.45) is 0 Å². The van der Waals surface area contributed by atoms with Gasteiger partial charge in [-0.25, -0.2) is 0 Å². The Morgan fingerprint density at radius 1 is 0.957 bits per heavy atom. The smallest absolute Gasteiger partial charge is 0.236 e. The molecule has 0 aliphatic carbocycles. The minimum Gasteiger partial charge on any atom is -0.378 e. The number of nitrogens with zero attached hydrogens (tertiary/aromatic N) is 5. The van der Waals surface area contributed by atoms with Crippen LogP contribution in [0.3, 0.4) is 0 Å². The van der Waals surface area contributed by atoms with Gasteiger partial charge in [-0.05, 0) is 36.1 Å². The Labute approximate surface area is 140 Å². The lowest BCUT2D eigenvalue weighted by molar-refractivity contribution is 0.122. The van der Waals surface area contributed by atoms with Crippen LogP contribution >= 0.6 is 11.6 Å². The van der Waals surface area contributed by atoms with E-state index in [0.29, 0.717) is 25.1 Å².